The Morgan fingerprint density at radius 1 is 0.872 bits per heavy atom. The third-order valence-corrected chi connectivity index (χ3v) is 7.41. The number of nitrogens with zero attached hydrogens (tertiary/aromatic N) is 4. The summed E-state index contributed by atoms with van der Waals surface area (Å²) in [5, 5.41) is 8.74. The molecule has 0 aliphatic carbocycles. The van der Waals surface area contributed by atoms with Crippen molar-refractivity contribution in [1.82, 2.24) is 21.1 Å². The zero-order valence-electron chi connectivity index (χ0n) is 26.5. The monoisotopic (exact) mass is 660 g/mol. The number of hydrogen-bond donors (Lipinski definition) is 4. The number of amides is 6. The molecule has 47 heavy (non-hydrogen) atoms. The van der Waals surface area contributed by atoms with Gasteiger partial charge in [0.15, 0.2) is 0 Å². The maximum atomic E-state index is 15.2. The first kappa shape index (κ1) is 34.7. The first-order valence-electron chi connectivity index (χ1n) is 14.9. The third-order valence-electron chi connectivity index (χ3n) is 7.41. The van der Waals surface area contributed by atoms with Gasteiger partial charge in [-0.25, -0.2) is 28.6 Å². The van der Waals surface area contributed by atoms with Crippen LogP contribution in [0.2, 0.25) is 0 Å². The van der Waals surface area contributed by atoms with Gasteiger partial charge in [-0.2, -0.15) is 0 Å². The minimum Gasteiger partial charge on any atom is -0.442 e. The molecule has 2 aromatic rings. The number of carbonyl (C=O) groups is 5. The maximum absolute atomic E-state index is 15.2. The number of hydrogen-bond acceptors (Lipinski definition) is 9. The van der Waals surface area contributed by atoms with E-state index in [2.05, 4.69) is 21.4 Å². The summed E-state index contributed by atoms with van der Waals surface area (Å²) < 4.78 is 40.5. The number of halogens is 2. The number of cyclic esters (lactones) is 2. The van der Waals surface area contributed by atoms with Crippen LogP contribution in [0.25, 0.3) is 0 Å². The van der Waals surface area contributed by atoms with Crippen molar-refractivity contribution >= 4 is 52.8 Å². The summed E-state index contributed by atoms with van der Waals surface area (Å²) in [6, 6.07) is 7.61. The van der Waals surface area contributed by atoms with E-state index in [-0.39, 0.29) is 61.6 Å². The number of benzene rings is 2. The topological polar surface area (TPSA) is 165 Å². The Hall–Kier alpha value is -5.19. The lowest BCUT2D eigenvalue weighted by Gasteiger charge is -2.26. The number of likely N-dealkylation sites (N-methyl/N-ethyl adjacent to an activating group) is 1. The minimum atomic E-state index is -0.774. The van der Waals surface area contributed by atoms with Crippen LogP contribution in [-0.2, 0) is 19.1 Å². The minimum absolute atomic E-state index is 0.115. The van der Waals surface area contributed by atoms with Crippen LogP contribution in [-0.4, -0.2) is 100 Å². The van der Waals surface area contributed by atoms with Gasteiger partial charge in [-0.1, -0.05) is 0 Å². The summed E-state index contributed by atoms with van der Waals surface area (Å²) in [5.41, 5.74) is 3.61. The van der Waals surface area contributed by atoms with Gasteiger partial charge in [0.25, 0.3) is 0 Å². The highest BCUT2D eigenvalue weighted by Crippen LogP contribution is 2.28. The summed E-state index contributed by atoms with van der Waals surface area (Å²) in [7, 11) is 1.44. The van der Waals surface area contributed by atoms with Gasteiger partial charge < -0.3 is 30.3 Å². The van der Waals surface area contributed by atoms with Crippen LogP contribution < -0.4 is 36.1 Å². The number of urea groups is 1. The molecule has 15 nitrogen and oxygen atoms in total. The Balaban J connectivity index is 1.27. The second-order valence-corrected chi connectivity index (χ2v) is 10.9. The van der Waals surface area contributed by atoms with Gasteiger partial charge in [0.05, 0.1) is 48.9 Å². The lowest BCUT2D eigenvalue weighted by Crippen LogP contribution is -2.45. The summed E-state index contributed by atoms with van der Waals surface area (Å²) in [6.45, 7) is 6.07. The smallest absolute Gasteiger partial charge is 0.414 e. The van der Waals surface area contributed by atoms with E-state index < -0.39 is 42.1 Å². The average Bonchev–Trinajstić information content (AvgIpc) is 3.59. The number of hydrazine groups is 1. The van der Waals surface area contributed by atoms with Crippen LogP contribution in [0, 0.1) is 11.6 Å². The standard InChI is InChI=1S/C30H38F2N8O7/c1-5-38(27-9-7-21(13-25(27)32)40-17-23(47-30(40)45)15-34-19(3)42)11-10-35-37(4)28(43)36-26-8-6-20(12-24(26)31)39-16-22(46-29(39)44)14-33-18(2)41/h6-9,12-13,22-23,35H,5,10-11,14-17H2,1-4H3,(H,33,41)(H,34,42)(H,36,43)/t22-,23-/m0/s1. The maximum Gasteiger partial charge on any atom is 0.414 e. The van der Waals surface area contributed by atoms with Crippen LogP contribution >= 0.6 is 0 Å². The summed E-state index contributed by atoms with van der Waals surface area (Å²) in [5.74, 6) is -1.85. The van der Waals surface area contributed by atoms with E-state index in [1.165, 1.54) is 48.9 Å². The molecule has 0 unspecified atom stereocenters. The van der Waals surface area contributed by atoms with Crippen LogP contribution in [0.1, 0.15) is 20.8 Å². The van der Waals surface area contributed by atoms with E-state index in [4.69, 9.17) is 9.47 Å². The first-order valence-corrected chi connectivity index (χ1v) is 14.9. The van der Waals surface area contributed by atoms with Crippen LogP contribution in [0.4, 0.5) is 45.9 Å². The van der Waals surface area contributed by atoms with Crippen LogP contribution in [0.15, 0.2) is 36.4 Å². The van der Waals surface area contributed by atoms with Crippen molar-refractivity contribution in [3.05, 3.63) is 48.0 Å². The molecule has 6 amide bonds. The molecule has 2 heterocycles. The molecule has 2 aliphatic rings. The molecular weight excluding hydrogens is 622 g/mol. The third kappa shape index (κ3) is 8.96. The molecule has 0 saturated carbocycles. The molecule has 17 heteroatoms. The fourth-order valence-electron chi connectivity index (χ4n) is 4.96. The number of nitrogens with one attached hydrogen (secondary N) is 4. The van der Waals surface area contributed by atoms with Gasteiger partial charge in [0, 0.05) is 40.5 Å². The van der Waals surface area contributed by atoms with Crippen LogP contribution in [0.5, 0.6) is 0 Å². The van der Waals surface area contributed by atoms with Crippen molar-refractivity contribution in [2.75, 3.05) is 72.9 Å². The van der Waals surface area contributed by atoms with E-state index in [1.54, 1.807) is 17.0 Å². The molecule has 2 aliphatic heterocycles. The van der Waals surface area contributed by atoms with E-state index in [0.717, 1.165) is 11.1 Å². The lowest BCUT2D eigenvalue weighted by atomic mass is 10.2. The lowest BCUT2D eigenvalue weighted by molar-refractivity contribution is -0.120. The summed E-state index contributed by atoms with van der Waals surface area (Å²) >= 11 is 0. The highest BCUT2D eigenvalue weighted by Gasteiger charge is 2.34. The predicted octanol–water partition coefficient (Wildman–Crippen LogP) is 2.38. The quantitative estimate of drug-likeness (QED) is 0.236. The second kappa shape index (κ2) is 15.4. The average molecular weight is 661 g/mol. The van der Waals surface area contributed by atoms with Crippen molar-refractivity contribution in [1.29, 1.82) is 0 Å². The Kier molecular flexibility index (Phi) is 11.4. The zero-order valence-corrected chi connectivity index (χ0v) is 26.5. The van der Waals surface area contributed by atoms with E-state index in [1.807, 2.05) is 6.92 Å². The van der Waals surface area contributed by atoms with Crippen molar-refractivity contribution < 1.29 is 42.2 Å². The molecule has 2 saturated heterocycles. The number of anilines is 4. The largest absolute Gasteiger partial charge is 0.442 e. The Bertz CT molecular complexity index is 1510. The van der Waals surface area contributed by atoms with Crippen molar-refractivity contribution in [2.45, 2.75) is 33.0 Å². The molecular formula is C30H38F2N8O7. The fourth-order valence-corrected chi connectivity index (χ4v) is 4.96. The molecule has 2 atom stereocenters. The highest BCUT2D eigenvalue weighted by molar-refractivity contribution is 5.92. The second-order valence-electron chi connectivity index (χ2n) is 10.9. The Morgan fingerprint density at radius 3 is 1.89 bits per heavy atom. The highest BCUT2D eigenvalue weighted by atomic mass is 19.1. The normalized spacial score (nSPS) is 17.2. The fraction of sp³-hybridized carbons (Fsp3) is 0.433. The molecule has 2 aromatic carbocycles. The van der Waals surface area contributed by atoms with Crippen molar-refractivity contribution in [3.63, 3.8) is 0 Å². The molecule has 4 rings (SSSR count). The van der Waals surface area contributed by atoms with Gasteiger partial charge in [-0.05, 0) is 43.3 Å². The molecule has 4 N–H and O–H groups in total. The Morgan fingerprint density at radius 2 is 1.40 bits per heavy atom. The van der Waals surface area contributed by atoms with E-state index >= 15 is 4.39 Å². The van der Waals surface area contributed by atoms with Crippen molar-refractivity contribution in [2.24, 2.45) is 0 Å². The Labute approximate surface area is 270 Å². The molecule has 0 spiro atoms. The molecule has 0 aromatic heterocycles. The van der Waals surface area contributed by atoms with Crippen molar-refractivity contribution in [3.8, 4) is 0 Å². The number of ether oxygens (including phenoxy) is 2. The van der Waals surface area contributed by atoms with E-state index in [9.17, 15) is 28.4 Å². The predicted molar refractivity (Wildman–Crippen MR) is 168 cm³/mol. The first-order chi connectivity index (χ1) is 22.4. The van der Waals surface area contributed by atoms with Gasteiger partial charge in [0.2, 0.25) is 11.8 Å². The molecule has 0 bridgehead atoms. The van der Waals surface area contributed by atoms with Gasteiger partial charge >= 0.3 is 18.2 Å². The molecule has 254 valence electrons. The zero-order chi connectivity index (χ0) is 34.2. The molecule has 0 radical (unpaired) electrons. The summed E-state index contributed by atoms with van der Waals surface area (Å²) in [4.78, 5) is 63.8. The van der Waals surface area contributed by atoms with E-state index in [0.29, 0.717) is 18.8 Å². The SMILES string of the molecule is CCN(CCNN(C)C(=O)Nc1ccc(N2C[C@H](CNC(C)=O)OC2=O)cc1F)c1ccc(N2C[C@H](CNC(C)=O)OC2=O)cc1F. The van der Waals surface area contributed by atoms with Gasteiger partial charge in [-0.15, -0.1) is 0 Å². The number of carbonyl (C=O) groups excluding carboxylic acids is 5. The summed E-state index contributed by atoms with van der Waals surface area (Å²) in [6.07, 6.45) is -2.45. The van der Waals surface area contributed by atoms with Gasteiger partial charge in [-0.3, -0.25) is 24.4 Å². The van der Waals surface area contributed by atoms with Gasteiger partial charge in [0.1, 0.15) is 23.8 Å². The van der Waals surface area contributed by atoms with Crippen LogP contribution in [0.3, 0.4) is 0 Å². The number of rotatable bonds is 13. The molecule has 2 fully saturated rings.